The first-order chi connectivity index (χ1) is 27.2. The van der Waals surface area contributed by atoms with Crippen LogP contribution in [0.25, 0.3) is 86.3 Å². The lowest BCUT2D eigenvalue weighted by Gasteiger charge is -2.21. The topological polar surface area (TPSA) is 13.1 Å². The zero-order valence-corrected chi connectivity index (χ0v) is 30.8. The zero-order valence-electron chi connectivity index (χ0n) is 29.9. The van der Waals surface area contributed by atoms with Crippen LogP contribution in [0.15, 0.2) is 205 Å². The number of hydrogen-bond acceptors (Lipinski definition) is 2. The van der Waals surface area contributed by atoms with E-state index in [-0.39, 0.29) is 5.92 Å². The van der Waals surface area contributed by atoms with Crippen molar-refractivity contribution in [3.63, 3.8) is 0 Å². The van der Waals surface area contributed by atoms with E-state index in [1.165, 1.54) is 69.9 Å². The quantitative estimate of drug-likeness (QED) is 0.156. The van der Waals surface area contributed by atoms with E-state index >= 15 is 0 Å². The molecule has 0 saturated heterocycles. The molecule has 11 aromatic rings. The first kappa shape index (κ1) is 31.8. The summed E-state index contributed by atoms with van der Waals surface area (Å²) >= 11 is 1.89. The molecule has 0 amide bonds. The Bertz CT molecular complexity index is 3180. The summed E-state index contributed by atoms with van der Waals surface area (Å²) < 4.78 is 9.10. The van der Waals surface area contributed by atoms with Gasteiger partial charge in [0, 0.05) is 42.4 Å². The van der Waals surface area contributed by atoms with Crippen LogP contribution in [0.3, 0.4) is 0 Å². The second-order valence-corrected chi connectivity index (χ2v) is 15.5. The molecular formula is C53H34OS. The van der Waals surface area contributed by atoms with Gasteiger partial charge in [-0.25, -0.2) is 0 Å². The molecule has 0 aliphatic carbocycles. The smallest absolute Gasteiger partial charge is 0.143 e. The lowest BCUT2D eigenvalue weighted by Crippen LogP contribution is -2.04. The minimum atomic E-state index is 0.0466. The summed E-state index contributed by atoms with van der Waals surface area (Å²) in [6, 6.07) is 73.0. The third kappa shape index (κ3) is 5.45. The first-order valence-electron chi connectivity index (χ1n) is 18.9. The van der Waals surface area contributed by atoms with Crippen molar-refractivity contribution in [3.8, 4) is 33.4 Å². The second kappa shape index (κ2) is 13.0. The maximum absolute atomic E-state index is 6.41. The van der Waals surface area contributed by atoms with E-state index in [1.54, 1.807) is 0 Å². The van der Waals surface area contributed by atoms with Crippen molar-refractivity contribution in [3.05, 3.63) is 217 Å². The maximum Gasteiger partial charge on any atom is 0.143 e. The summed E-state index contributed by atoms with van der Waals surface area (Å²) in [6.07, 6.45) is 0. The summed E-state index contributed by atoms with van der Waals surface area (Å²) in [6.45, 7) is 0. The number of rotatable bonds is 6. The van der Waals surface area contributed by atoms with Crippen LogP contribution < -0.4 is 0 Å². The van der Waals surface area contributed by atoms with Crippen molar-refractivity contribution < 1.29 is 4.42 Å². The van der Waals surface area contributed by atoms with Gasteiger partial charge in [0.15, 0.2) is 0 Å². The lowest BCUT2D eigenvalue weighted by molar-refractivity contribution is 0.670. The summed E-state index contributed by atoms with van der Waals surface area (Å²) in [5.41, 5.74) is 12.8. The predicted molar refractivity (Wildman–Crippen MR) is 234 cm³/mol. The molecule has 2 heteroatoms. The average molecular weight is 719 g/mol. The minimum absolute atomic E-state index is 0.0466. The third-order valence-corrected chi connectivity index (χ3v) is 12.4. The van der Waals surface area contributed by atoms with Crippen molar-refractivity contribution in [2.24, 2.45) is 0 Å². The van der Waals surface area contributed by atoms with Crippen molar-refractivity contribution in [2.75, 3.05) is 0 Å². The standard InChI is InChI=1S/C53H34OS/c1-2-10-34(11-3-1)40-13-8-14-42(32-40)51(39-26-22-37(23-27-39)43-17-9-18-46-45-16-6-7-19-49(45)54-52(43)46)38-24-20-35(21-25-38)41-29-31-50-48(33-41)47-30-28-36-12-4-5-15-44(36)53(47)55-50/h1-33,51H. The molecule has 2 aromatic heterocycles. The molecule has 0 aliphatic rings. The van der Waals surface area contributed by atoms with Gasteiger partial charge < -0.3 is 4.42 Å². The Kier molecular flexibility index (Phi) is 7.50. The van der Waals surface area contributed by atoms with E-state index in [9.17, 15) is 0 Å². The monoisotopic (exact) mass is 718 g/mol. The highest BCUT2D eigenvalue weighted by Gasteiger charge is 2.20. The fraction of sp³-hybridized carbons (Fsp3) is 0.0189. The van der Waals surface area contributed by atoms with Crippen LogP contribution in [0, 0.1) is 0 Å². The van der Waals surface area contributed by atoms with E-state index in [4.69, 9.17) is 4.42 Å². The molecule has 0 aliphatic heterocycles. The zero-order chi connectivity index (χ0) is 36.3. The second-order valence-electron chi connectivity index (χ2n) is 14.4. The molecular weight excluding hydrogens is 685 g/mol. The highest BCUT2D eigenvalue weighted by Crippen LogP contribution is 2.42. The molecule has 0 fully saturated rings. The largest absolute Gasteiger partial charge is 0.455 e. The lowest BCUT2D eigenvalue weighted by atomic mass is 9.83. The SMILES string of the molecule is c1ccc(-c2cccc(C(c3ccc(-c4ccc5sc6c7ccccc7ccc6c5c4)cc3)c3ccc(-c4cccc5c4oc4ccccc45)cc3)c2)cc1. The molecule has 0 spiro atoms. The normalized spacial score (nSPS) is 12.3. The molecule has 9 aromatic carbocycles. The van der Waals surface area contributed by atoms with Crippen LogP contribution in [0.4, 0.5) is 0 Å². The molecule has 0 N–H and O–H groups in total. The van der Waals surface area contributed by atoms with Gasteiger partial charge in [0.1, 0.15) is 11.2 Å². The van der Waals surface area contributed by atoms with Crippen LogP contribution in [0.2, 0.25) is 0 Å². The summed E-state index contributed by atoms with van der Waals surface area (Å²) in [4.78, 5) is 0. The van der Waals surface area contributed by atoms with Crippen molar-refractivity contribution in [2.45, 2.75) is 5.92 Å². The van der Waals surface area contributed by atoms with Gasteiger partial charge in [-0.1, -0.05) is 182 Å². The fourth-order valence-electron chi connectivity index (χ4n) is 8.49. The van der Waals surface area contributed by atoms with Crippen molar-refractivity contribution >= 4 is 64.2 Å². The van der Waals surface area contributed by atoms with Crippen LogP contribution >= 0.6 is 11.3 Å². The number of hydrogen-bond donors (Lipinski definition) is 0. The van der Waals surface area contributed by atoms with Crippen LogP contribution in [0.5, 0.6) is 0 Å². The molecule has 258 valence electrons. The first-order valence-corrected chi connectivity index (χ1v) is 19.7. The van der Waals surface area contributed by atoms with Gasteiger partial charge >= 0.3 is 0 Å². The Morgan fingerprint density at radius 1 is 0.364 bits per heavy atom. The van der Waals surface area contributed by atoms with E-state index in [0.29, 0.717) is 0 Å². The Labute approximate surface area is 323 Å². The van der Waals surface area contributed by atoms with Gasteiger partial charge in [-0.3, -0.25) is 0 Å². The van der Waals surface area contributed by atoms with Crippen LogP contribution in [0.1, 0.15) is 22.6 Å². The van der Waals surface area contributed by atoms with Gasteiger partial charge in [-0.2, -0.15) is 0 Å². The number of fused-ring (bicyclic) bond motifs is 8. The fourth-order valence-corrected chi connectivity index (χ4v) is 9.71. The number of para-hydroxylation sites is 2. The Morgan fingerprint density at radius 3 is 1.84 bits per heavy atom. The molecule has 2 heterocycles. The number of benzene rings is 9. The summed E-state index contributed by atoms with van der Waals surface area (Å²) in [5.74, 6) is 0.0466. The molecule has 1 atom stereocenters. The molecule has 11 rings (SSSR count). The van der Waals surface area contributed by atoms with Crippen molar-refractivity contribution in [1.82, 2.24) is 0 Å². The Balaban J connectivity index is 0.994. The van der Waals surface area contributed by atoms with Gasteiger partial charge in [-0.05, 0) is 73.5 Å². The highest BCUT2D eigenvalue weighted by atomic mass is 32.1. The maximum atomic E-state index is 6.41. The third-order valence-electron chi connectivity index (χ3n) is 11.2. The molecule has 1 unspecified atom stereocenters. The van der Waals surface area contributed by atoms with E-state index in [2.05, 4.69) is 188 Å². The van der Waals surface area contributed by atoms with Gasteiger partial charge in [0.05, 0.1) is 0 Å². The van der Waals surface area contributed by atoms with E-state index in [0.717, 1.165) is 33.1 Å². The number of thiophene rings is 1. The molecule has 55 heavy (non-hydrogen) atoms. The average Bonchev–Trinajstić information content (AvgIpc) is 3.83. The summed E-state index contributed by atoms with van der Waals surface area (Å²) in [5, 5.41) is 7.56. The molecule has 0 saturated carbocycles. The van der Waals surface area contributed by atoms with Crippen LogP contribution in [-0.4, -0.2) is 0 Å². The highest BCUT2D eigenvalue weighted by molar-refractivity contribution is 7.26. The minimum Gasteiger partial charge on any atom is -0.455 e. The Hall–Kier alpha value is -6.74. The Morgan fingerprint density at radius 2 is 1.00 bits per heavy atom. The summed E-state index contributed by atoms with van der Waals surface area (Å²) in [7, 11) is 0. The van der Waals surface area contributed by atoms with E-state index < -0.39 is 0 Å². The molecule has 0 bridgehead atoms. The van der Waals surface area contributed by atoms with Crippen molar-refractivity contribution in [1.29, 1.82) is 0 Å². The van der Waals surface area contributed by atoms with Gasteiger partial charge in [0.25, 0.3) is 0 Å². The predicted octanol–water partition coefficient (Wildman–Crippen LogP) is 15.3. The van der Waals surface area contributed by atoms with E-state index in [1.807, 2.05) is 23.5 Å². The van der Waals surface area contributed by atoms with Gasteiger partial charge in [0.2, 0.25) is 0 Å². The number of furan rings is 1. The van der Waals surface area contributed by atoms with Crippen LogP contribution in [-0.2, 0) is 0 Å². The molecule has 0 radical (unpaired) electrons. The molecule has 1 nitrogen and oxygen atoms in total. The van der Waals surface area contributed by atoms with Gasteiger partial charge in [-0.15, -0.1) is 11.3 Å².